The Bertz CT molecular complexity index is 731. The molecule has 0 atom stereocenters. The molecule has 6 heteroatoms. The first-order valence-electron chi connectivity index (χ1n) is 11.3. The summed E-state index contributed by atoms with van der Waals surface area (Å²) >= 11 is 6.45. The Morgan fingerprint density at radius 1 is 1.20 bits per heavy atom. The summed E-state index contributed by atoms with van der Waals surface area (Å²) in [5.74, 6) is 1.03. The largest absolute Gasteiger partial charge is 0.370 e. The lowest BCUT2D eigenvalue weighted by molar-refractivity contribution is 0.341. The maximum Gasteiger partial charge on any atom is 0.130 e. The second kappa shape index (κ2) is 12.6. The Morgan fingerprint density at radius 2 is 1.93 bits per heavy atom. The minimum absolute atomic E-state index is 0.336. The van der Waals surface area contributed by atoms with Gasteiger partial charge in [0.25, 0.3) is 0 Å². The van der Waals surface area contributed by atoms with Gasteiger partial charge in [0, 0.05) is 48.9 Å². The Morgan fingerprint density at radius 3 is 2.60 bits per heavy atom. The normalized spacial score (nSPS) is 17.8. The van der Waals surface area contributed by atoms with Crippen LogP contribution in [0.3, 0.4) is 0 Å². The molecule has 1 aromatic carbocycles. The molecule has 1 aromatic rings. The lowest BCUT2D eigenvalue weighted by atomic mass is 10.1. The summed E-state index contributed by atoms with van der Waals surface area (Å²) in [5.41, 5.74) is 1.05. The highest BCUT2D eigenvalue weighted by molar-refractivity contribution is 6.31. The lowest BCUT2D eigenvalue weighted by Crippen LogP contribution is -2.35. The molecular weight excluding hydrogens is 399 g/mol. The minimum Gasteiger partial charge on any atom is -0.370 e. The van der Waals surface area contributed by atoms with Crippen molar-refractivity contribution in [1.82, 2.24) is 15.1 Å². The molecule has 2 fully saturated rings. The van der Waals surface area contributed by atoms with Crippen molar-refractivity contribution < 1.29 is 4.39 Å². The van der Waals surface area contributed by atoms with E-state index in [1.165, 1.54) is 12.5 Å². The van der Waals surface area contributed by atoms with Crippen LogP contribution in [0.2, 0.25) is 5.02 Å². The fraction of sp³-hybridized carbons (Fsp3) is 0.542. The molecule has 0 saturated carbocycles. The van der Waals surface area contributed by atoms with E-state index in [9.17, 15) is 4.39 Å². The molecule has 4 nitrogen and oxygen atoms in total. The van der Waals surface area contributed by atoms with Crippen molar-refractivity contribution in [1.29, 1.82) is 5.41 Å². The molecule has 0 aromatic heterocycles. The van der Waals surface area contributed by atoms with Crippen LogP contribution in [-0.4, -0.2) is 41.8 Å². The molecule has 0 radical (unpaired) electrons. The molecule has 0 bridgehead atoms. The Balaban J connectivity index is 0.00000155. The molecule has 166 valence electrons. The quantitative estimate of drug-likeness (QED) is 0.431. The second-order valence-electron chi connectivity index (χ2n) is 7.43. The number of benzene rings is 1. The monoisotopic (exact) mass is 434 g/mol. The fourth-order valence-electron chi connectivity index (χ4n) is 3.68. The number of piperidine rings is 1. The van der Waals surface area contributed by atoms with Gasteiger partial charge in [-0.15, -0.1) is 0 Å². The summed E-state index contributed by atoms with van der Waals surface area (Å²) in [4.78, 5) is 4.12. The number of rotatable bonds is 6. The van der Waals surface area contributed by atoms with Crippen molar-refractivity contribution in [2.24, 2.45) is 0 Å². The molecule has 2 aliphatic heterocycles. The fourth-order valence-corrected chi connectivity index (χ4v) is 3.95. The number of likely N-dealkylation sites (tertiary alicyclic amines) is 1. The highest BCUT2D eigenvalue weighted by atomic mass is 35.5. The maximum absolute atomic E-state index is 14.9. The second-order valence-corrected chi connectivity index (χ2v) is 7.84. The SMILES string of the molecule is CC.CCC/C=C\C=C1/NCCN1Cc1c(F)cc(C(=N)N2CCCCC2)cc1Cl. The van der Waals surface area contributed by atoms with Crippen LogP contribution in [-0.2, 0) is 6.54 Å². The van der Waals surface area contributed by atoms with Gasteiger partial charge in [0.15, 0.2) is 0 Å². The highest BCUT2D eigenvalue weighted by Gasteiger charge is 2.22. The summed E-state index contributed by atoms with van der Waals surface area (Å²) in [6.07, 6.45) is 11.8. The lowest BCUT2D eigenvalue weighted by Gasteiger charge is -2.29. The van der Waals surface area contributed by atoms with Crippen molar-refractivity contribution in [3.8, 4) is 0 Å². The van der Waals surface area contributed by atoms with Crippen LogP contribution in [0.15, 0.2) is 36.2 Å². The van der Waals surface area contributed by atoms with Gasteiger partial charge in [-0.3, -0.25) is 5.41 Å². The molecule has 3 rings (SSSR count). The van der Waals surface area contributed by atoms with E-state index in [0.29, 0.717) is 28.5 Å². The molecular formula is C24H36ClFN4. The number of halogens is 2. The minimum atomic E-state index is -0.336. The van der Waals surface area contributed by atoms with Crippen molar-refractivity contribution >= 4 is 17.4 Å². The third-order valence-electron chi connectivity index (χ3n) is 5.31. The number of nitrogens with zero attached hydrogens (tertiary/aromatic N) is 2. The number of nitrogens with one attached hydrogen (secondary N) is 2. The number of allylic oxidation sites excluding steroid dienone is 3. The topological polar surface area (TPSA) is 42.4 Å². The first-order valence-corrected chi connectivity index (χ1v) is 11.7. The van der Waals surface area contributed by atoms with Gasteiger partial charge in [0.05, 0.1) is 0 Å². The molecule has 30 heavy (non-hydrogen) atoms. The van der Waals surface area contributed by atoms with Crippen LogP contribution in [0.1, 0.15) is 64.0 Å². The summed E-state index contributed by atoms with van der Waals surface area (Å²) < 4.78 is 14.9. The van der Waals surface area contributed by atoms with E-state index in [1.807, 2.05) is 30.9 Å². The van der Waals surface area contributed by atoms with Gasteiger partial charge >= 0.3 is 0 Å². The van der Waals surface area contributed by atoms with Crippen LogP contribution < -0.4 is 5.32 Å². The Labute approximate surface area is 186 Å². The van der Waals surface area contributed by atoms with Gasteiger partial charge in [-0.25, -0.2) is 4.39 Å². The van der Waals surface area contributed by atoms with Crippen LogP contribution in [0, 0.1) is 11.2 Å². The smallest absolute Gasteiger partial charge is 0.130 e. The van der Waals surface area contributed by atoms with Gasteiger partial charge in [-0.1, -0.05) is 50.9 Å². The number of amidine groups is 1. The average Bonchev–Trinajstić information content (AvgIpc) is 3.22. The molecule has 0 spiro atoms. The summed E-state index contributed by atoms with van der Waals surface area (Å²) in [6.45, 7) is 9.94. The van der Waals surface area contributed by atoms with Crippen LogP contribution in [0.25, 0.3) is 0 Å². The first kappa shape index (κ1) is 24.3. The number of hydrogen-bond donors (Lipinski definition) is 2. The molecule has 0 aliphatic carbocycles. The molecule has 2 saturated heterocycles. The molecule has 2 heterocycles. The van der Waals surface area contributed by atoms with Crippen molar-refractivity contribution in [2.75, 3.05) is 26.2 Å². The third kappa shape index (κ3) is 6.49. The van der Waals surface area contributed by atoms with Crippen molar-refractivity contribution in [3.05, 3.63) is 58.1 Å². The van der Waals surface area contributed by atoms with E-state index in [1.54, 1.807) is 6.07 Å². The van der Waals surface area contributed by atoms with Gasteiger partial charge in [0.2, 0.25) is 0 Å². The van der Waals surface area contributed by atoms with Crippen LogP contribution >= 0.6 is 11.6 Å². The summed E-state index contributed by atoms with van der Waals surface area (Å²) in [5, 5.41) is 12.2. The van der Waals surface area contributed by atoms with Crippen molar-refractivity contribution in [2.45, 2.75) is 59.4 Å². The molecule has 2 N–H and O–H groups in total. The first-order chi connectivity index (χ1) is 14.6. The van der Waals surface area contributed by atoms with Gasteiger partial charge < -0.3 is 15.1 Å². The Hall–Kier alpha value is -2.01. The predicted molar refractivity (Wildman–Crippen MR) is 126 cm³/mol. The van der Waals surface area contributed by atoms with Gasteiger partial charge in [-0.05, 0) is 43.9 Å². The molecule has 0 unspecified atom stereocenters. The zero-order chi connectivity index (χ0) is 21.9. The van der Waals surface area contributed by atoms with E-state index in [4.69, 9.17) is 17.0 Å². The standard InChI is InChI=1S/C22H30ClFN4.C2H6/c1-2-3-4-6-9-21-26-10-13-28(21)16-18-19(23)14-17(15-20(18)24)22(25)27-11-7-5-8-12-27;1-2/h4,6,9,14-15,25-26H,2-3,5,7-8,10-13,16H2,1H3;1-2H3/b6-4-,21-9+,25-22?;. The van der Waals surface area contributed by atoms with E-state index >= 15 is 0 Å². The van der Waals surface area contributed by atoms with Gasteiger partial charge in [0.1, 0.15) is 17.5 Å². The van der Waals surface area contributed by atoms with E-state index in [2.05, 4.69) is 23.2 Å². The van der Waals surface area contributed by atoms with E-state index in [-0.39, 0.29) is 5.82 Å². The average molecular weight is 435 g/mol. The summed E-state index contributed by atoms with van der Waals surface area (Å²) in [6, 6.07) is 3.21. The molecule has 2 aliphatic rings. The van der Waals surface area contributed by atoms with Crippen LogP contribution in [0.5, 0.6) is 0 Å². The zero-order valence-electron chi connectivity index (χ0n) is 18.6. The van der Waals surface area contributed by atoms with E-state index in [0.717, 1.165) is 57.7 Å². The Kier molecular flexibility index (Phi) is 10.2. The number of hydrogen-bond acceptors (Lipinski definition) is 3. The maximum atomic E-state index is 14.9. The third-order valence-corrected chi connectivity index (χ3v) is 5.65. The zero-order valence-corrected chi connectivity index (χ0v) is 19.4. The predicted octanol–water partition coefficient (Wildman–Crippen LogP) is 5.92. The van der Waals surface area contributed by atoms with Crippen molar-refractivity contribution in [3.63, 3.8) is 0 Å². The van der Waals surface area contributed by atoms with Crippen LogP contribution in [0.4, 0.5) is 4.39 Å². The van der Waals surface area contributed by atoms with Gasteiger partial charge in [-0.2, -0.15) is 0 Å². The molecule has 0 amide bonds. The highest BCUT2D eigenvalue weighted by Crippen LogP contribution is 2.26. The summed E-state index contributed by atoms with van der Waals surface area (Å²) in [7, 11) is 0. The van der Waals surface area contributed by atoms with E-state index < -0.39 is 0 Å². The number of unbranched alkanes of at least 4 members (excludes halogenated alkanes) is 1.